The number of carbonyl (C=O) groups is 1. The maximum absolute atomic E-state index is 12.6. The Morgan fingerprint density at radius 2 is 2.05 bits per heavy atom. The SMILES string of the molecule is CO[C@H](O)[C@@]1(C)C(C#N)=C(N)OC2=C1C(=O)CC(C)(C)C2. The second-order valence-electron chi connectivity index (χ2n) is 6.48. The Hall–Kier alpha value is -1.84. The molecule has 6 heteroatoms. The number of aliphatic hydroxyl groups is 1. The summed E-state index contributed by atoms with van der Waals surface area (Å²) in [5, 5.41) is 19.6. The average molecular weight is 292 g/mol. The van der Waals surface area contributed by atoms with Crippen LogP contribution in [0.5, 0.6) is 0 Å². The minimum Gasteiger partial charge on any atom is -0.444 e. The minimum atomic E-state index is -1.36. The molecule has 3 N–H and O–H groups in total. The van der Waals surface area contributed by atoms with E-state index in [2.05, 4.69) is 0 Å². The molecule has 1 aliphatic carbocycles. The van der Waals surface area contributed by atoms with Crippen molar-refractivity contribution in [2.75, 3.05) is 7.11 Å². The highest BCUT2D eigenvalue weighted by atomic mass is 16.6. The van der Waals surface area contributed by atoms with Gasteiger partial charge in [-0.05, 0) is 12.3 Å². The van der Waals surface area contributed by atoms with Crippen LogP contribution in [0.25, 0.3) is 0 Å². The maximum atomic E-state index is 12.6. The van der Waals surface area contributed by atoms with Crippen LogP contribution in [0.15, 0.2) is 22.8 Å². The van der Waals surface area contributed by atoms with Crippen LogP contribution >= 0.6 is 0 Å². The first-order valence-electron chi connectivity index (χ1n) is 6.73. The topological polar surface area (TPSA) is 106 Å². The van der Waals surface area contributed by atoms with Gasteiger partial charge in [0, 0.05) is 25.5 Å². The van der Waals surface area contributed by atoms with E-state index < -0.39 is 11.7 Å². The minimum absolute atomic E-state index is 0.0173. The van der Waals surface area contributed by atoms with Gasteiger partial charge in [-0.15, -0.1) is 0 Å². The molecule has 0 aromatic carbocycles. The smallest absolute Gasteiger partial charge is 0.205 e. The lowest BCUT2D eigenvalue weighted by molar-refractivity contribution is -0.140. The molecule has 0 saturated carbocycles. The van der Waals surface area contributed by atoms with E-state index in [1.165, 1.54) is 7.11 Å². The molecule has 2 rings (SSSR count). The van der Waals surface area contributed by atoms with E-state index in [4.69, 9.17) is 15.2 Å². The Balaban J connectivity index is 2.67. The van der Waals surface area contributed by atoms with Crippen LogP contribution in [0.4, 0.5) is 0 Å². The molecule has 0 aromatic heterocycles. The van der Waals surface area contributed by atoms with Gasteiger partial charge in [-0.1, -0.05) is 13.8 Å². The summed E-state index contributed by atoms with van der Waals surface area (Å²) in [6.45, 7) is 5.50. The number of nitriles is 1. The third-order valence-electron chi connectivity index (χ3n) is 4.18. The first kappa shape index (κ1) is 15.5. The molecule has 0 aromatic rings. The van der Waals surface area contributed by atoms with E-state index in [0.29, 0.717) is 24.2 Å². The second-order valence-corrected chi connectivity index (χ2v) is 6.48. The van der Waals surface area contributed by atoms with Crippen molar-refractivity contribution in [1.29, 1.82) is 5.26 Å². The summed E-state index contributed by atoms with van der Waals surface area (Å²) in [5.41, 5.74) is 4.57. The van der Waals surface area contributed by atoms with Crippen molar-refractivity contribution in [2.24, 2.45) is 16.6 Å². The number of hydrogen-bond acceptors (Lipinski definition) is 6. The number of Topliss-reactive ketones (excluding diaryl/α,β-unsaturated/α-hetero) is 1. The van der Waals surface area contributed by atoms with E-state index in [0.717, 1.165) is 0 Å². The van der Waals surface area contributed by atoms with Gasteiger partial charge in [-0.25, -0.2) is 0 Å². The molecule has 0 fully saturated rings. The fraction of sp³-hybridized carbons (Fsp3) is 0.600. The molecule has 0 spiro atoms. The van der Waals surface area contributed by atoms with Crippen LogP contribution in [0.3, 0.4) is 0 Å². The van der Waals surface area contributed by atoms with Gasteiger partial charge >= 0.3 is 0 Å². The molecule has 21 heavy (non-hydrogen) atoms. The van der Waals surface area contributed by atoms with Crippen LogP contribution in [0.2, 0.25) is 0 Å². The van der Waals surface area contributed by atoms with Gasteiger partial charge in [0.1, 0.15) is 17.4 Å². The number of carbonyl (C=O) groups excluding carboxylic acids is 1. The Bertz CT molecular complexity index is 597. The third kappa shape index (κ3) is 2.23. The van der Waals surface area contributed by atoms with Crippen LogP contribution in [0.1, 0.15) is 33.6 Å². The lowest BCUT2D eigenvalue weighted by Crippen LogP contribution is -2.46. The zero-order valence-corrected chi connectivity index (χ0v) is 12.7. The van der Waals surface area contributed by atoms with Crippen LogP contribution in [0, 0.1) is 22.2 Å². The van der Waals surface area contributed by atoms with Crippen LogP contribution in [-0.2, 0) is 14.3 Å². The molecular formula is C15H20N2O4. The van der Waals surface area contributed by atoms with Gasteiger partial charge in [-0.3, -0.25) is 4.79 Å². The third-order valence-corrected chi connectivity index (χ3v) is 4.18. The van der Waals surface area contributed by atoms with E-state index in [9.17, 15) is 15.2 Å². The number of nitrogens with two attached hydrogens (primary N) is 1. The number of ether oxygens (including phenoxy) is 2. The molecule has 2 atom stereocenters. The molecule has 0 amide bonds. The molecular weight excluding hydrogens is 272 g/mol. The van der Waals surface area contributed by atoms with Gasteiger partial charge in [0.2, 0.25) is 5.88 Å². The van der Waals surface area contributed by atoms with Crippen LogP contribution < -0.4 is 5.73 Å². The molecule has 1 heterocycles. The van der Waals surface area contributed by atoms with E-state index in [1.54, 1.807) is 6.92 Å². The maximum Gasteiger partial charge on any atom is 0.205 e. The largest absolute Gasteiger partial charge is 0.444 e. The highest BCUT2D eigenvalue weighted by Gasteiger charge is 2.53. The normalized spacial score (nSPS) is 29.6. The van der Waals surface area contributed by atoms with Gasteiger partial charge in [0.25, 0.3) is 0 Å². The summed E-state index contributed by atoms with van der Waals surface area (Å²) in [7, 11) is 1.31. The Morgan fingerprint density at radius 1 is 1.43 bits per heavy atom. The van der Waals surface area contributed by atoms with E-state index in [-0.39, 0.29) is 22.7 Å². The summed E-state index contributed by atoms with van der Waals surface area (Å²) in [6.07, 6.45) is -0.524. The molecule has 0 radical (unpaired) electrons. The van der Waals surface area contributed by atoms with Gasteiger partial charge in [0.15, 0.2) is 12.1 Å². The molecule has 114 valence electrons. The van der Waals surface area contributed by atoms with Crippen molar-refractivity contribution in [3.63, 3.8) is 0 Å². The number of ketones is 1. The van der Waals surface area contributed by atoms with Crippen molar-refractivity contribution < 1.29 is 19.4 Å². The summed E-state index contributed by atoms with van der Waals surface area (Å²) in [4.78, 5) is 12.6. The second kappa shape index (κ2) is 4.86. The first-order chi connectivity index (χ1) is 9.67. The lowest BCUT2D eigenvalue weighted by atomic mass is 9.65. The molecule has 0 saturated heterocycles. The van der Waals surface area contributed by atoms with Crippen LogP contribution in [-0.4, -0.2) is 24.3 Å². The van der Waals surface area contributed by atoms with E-state index in [1.807, 2.05) is 19.9 Å². The number of allylic oxidation sites excluding steroid dienone is 1. The summed E-state index contributed by atoms with van der Waals surface area (Å²) >= 11 is 0. The number of nitrogens with zero attached hydrogens (tertiary/aromatic N) is 1. The van der Waals surface area contributed by atoms with Gasteiger partial charge in [-0.2, -0.15) is 5.26 Å². The van der Waals surface area contributed by atoms with E-state index >= 15 is 0 Å². The molecule has 0 bridgehead atoms. The zero-order chi connectivity index (χ0) is 16.0. The van der Waals surface area contributed by atoms with Crippen molar-refractivity contribution >= 4 is 5.78 Å². The molecule has 0 unspecified atom stereocenters. The van der Waals surface area contributed by atoms with Crippen molar-refractivity contribution in [3.8, 4) is 6.07 Å². The quantitative estimate of drug-likeness (QED) is 0.744. The predicted molar refractivity (Wildman–Crippen MR) is 74.1 cm³/mol. The fourth-order valence-electron chi connectivity index (χ4n) is 3.15. The Labute approximate surface area is 123 Å². The number of aliphatic hydroxyl groups excluding tert-OH is 1. The molecule has 6 nitrogen and oxygen atoms in total. The number of hydrogen-bond donors (Lipinski definition) is 2. The Kier molecular flexibility index (Phi) is 3.60. The van der Waals surface area contributed by atoms with Crippen molar-refractivity contribution in [1.82, 2.24) is 0 Å². The lowest BCUT2D eigenvalue weighted by Gasteiger charge is -2.43. The summed E-state index contributed by atoms with van der Waals surface area (Å²) in [6, 6.07) is 1.94. The highest BCUT2D eigenvalue weighted by molar-refractivity contribution is 5.99. The number of methoxy groups -OCH3 is 1. The molecule has 1 aliphatic heterocycles. The predicted octanol–water partition coefficient (Wildman–Crippen LogP) is 1.32. The number of rotatable bonds is 2. The zero-order valence-electron chi connectivity index (χ0n) is 12.7. The summed E-state index contributed by atoms with van der Waals surface area (Å²) in [5.74, 6) is 0.187. The van der Waals surface area contributed by atoms with Crippen molar-refractivity contribution in [2.45, 2.75) is 39.9 Å². The first-order valence-corrected chi connectivity index (χ1v) is 6.73. The molecule has 2 aliphatic rings. The monoisotopic (exact) mass is 292 g/mol. The Morgan fingerprint density at radius 3 is 2.57 bits per heavy atom. The average Bonchev–Trinajstić information content (AvgIpc) is 2.35. The standard InChI is InChI=1S/C15H20N2O4/c1-14(2)5-9(18)11-10(6-14)21-12(17)8(7-16)15(11,3)13(19)20-4/h13,19H,5-6,17H2,1-4H3/t13-,15-/m0/s1. The fourth-order valence-corrected chi connectivity index (χ4v) is 3.15. The van der Waals surface area contributed by atoms with Gasteiger partial charge in [0.05, 0.1) is 5.41 Å². The highest BCUT2D eigenvalue weighted by Crippen LogP contribution is 2.51. The van der Waals surface area contributed by atoms with Gasteiger partial charge < -0.3 is 20.3 Å². The van der Waals surface area contributed by atoms with Crippen molar-refractivity contribution in [3.05, 3.63) is 22.8 Å². The summed E-state index contributed by atoms with van der Waals surface area (Å²) < 4.78 is 10.5.